The van der Waals surface area contributed by atoms with Crippen molar-refractivity contribution >= 4 is 11.5 Å². The van der Waals surface area contributed by atoms with Crippen LogP contribution in [0.3, 0.4) is 0 Å². The molecule has 3 aliphatic heterocycles. The first-order valence-electron chi connectivity index (χ1n) is 11.1. The summed E-state index contributed by atoms with van der Waals surface area (Å²) >= 11 is 0. The first-order valence-corrected chi connectivity index (χ1v) is 11.1. The van der Waals surface area contributed by atoms with Gasteiger partial charge in [-0.3, -0.25) is 9.69 Å². The highest BCUT2D eigenvalue weighted by molar-refractivity contribution is 6.00. The van der Waals surface area contributed by atoms with Gasteiger partial charge in [0.25, 0.3) is 5.91 Å². The summed E-state index contributed by atoms with van der Waals surface area (Å²) in [5, 5.41) is 3.48. The maximum Gasteiger partial charge on any atom is 0.255 e. The molecule has 6 heteroatoms. The Labute approximate surface area is 190 Å². The second-order valence-corrected chi connectivity index (χ2v) is 8.17. The van der Waals surface area contributed by atoms with E-state index in [0.29, 0.717) is 17.5 Å². The third-order valence-electron chi connectivity index (χ3n) is 6.05. The average molecular weight is 434 g/mol. The van der Waals surface area contributed by atoms with Gasteiger partial charge in [0.05, 0.1) is 25.6 Å². The lowest BCUT2D eigenvalue weighted by atomic mass is 9.98. The molecule has 6 nitrogen and oxygen atoms in total. The Balaban J connectivity index is 1.71. The van der Waals surface area contributed by atoms with Gasteiger partial charge < -0.3 is 19.7 Å². The Morgan fingerprint density at radius 3 is 2.69 bits per heavy atom. The number of rotatable bonds is 5. The largest absolute Gasteiger partial charge is 0.493 e. The molecule has 32 heavy (non-hydrogen) atoms. The quantitative estimate of drug-likeness (QED) is 0.764. The number of amides is 1. The lowest BCUT2D eigenvalue weighted by Gasteiger charge is -2.38. The van der Waals surface area contributed by atoms with Crippen LogP contribution in [0.4, 0.5) is 0 Å². The lowest BCUT2D eigenvalue weighted by molar-refractivity contribution is -0.122. The number of piperazine rings is 1. The highest BCUT2D eigenvalue weighted by Crippen LogP contribution is 2.33. The summed E-state index contributed by atoms with van der Waals surface area (Å²) in [4.78, 5) is 17.6. The SMILES string of the molecule is CCC1=CC(N2CCN[C@H](C)C2)=CN2C(=O)\C=C(c3ccc(OC)c(OC)c3)/C=C/C=C\12. The van der Waals surface area contributed by atoms with E-state index in [1.165, 1.54) is 0 Å². The van der Waals surface area contributed by atoms with Crippen LogP contribution >= 0.6 is 0 Å². The normalized spacial score (nSPS) is 25.2. The molecule has 0 aromatic heterocycles. The predicted octanol–water partition coefficient (Wildman–Crippen LogP) is 3.85. The summed E-state index contributed by atoms with van der Waals surface area (Å²) < 4.78 is 10.8. The molecule has 0 unspecified atom stereocenters. The Morgan fingerprint density at radius 2 is 1.97 bits per heavy atom. The number of nitrogens with zero attached hydrogens (tertiary/aromatic N) is 2. The molecule has 1 aromatic rings. The van der Waals surface area contributed by atoms with Crippen molar-refractivity contribution in [3.63, 3.8) is 0 Å². The fraction of sp³-hybridized carbons (Fsp3) is 0.346. The van der Waals surface area contributed by atoms with Gasteiger partial charge in [0, 0.05) is 38.0 Å². The van der Waals surface area contributed by atoms with Gasteiger partial charge in [-0.2, -0.15) is 0 Å². The van der Waals surface area contributed by atoms with Crippen molar-refractivity contribution < 1.29 is 14.3 Å². The second-order valence-electron chi connectivity index (χ2n) is 8.17. The number of methoxy groups -OCH3 is 2. The van der Waals surface area contributed by atoms with Crippen LogP contribution in [0.25, 0.3) is 5.57 Å². The Hall–Kier alpha value is -3.25. The number of hydrogen-bond donors (Lipinski definition) is 1. The maximum absolute atomic E-state index is 13.4. The van der Waals surface area contributed by atoms with Crippen LogP contribution < -0.4 is 14.8 Å². The molecule has 1 amide bonds. The molecule has 168 valence electrons. The van der Waals surface area contributed by atoms with Crippen molar-refractivity contribution in [2.45, 2.75) is 26.3 Å². The van der Waals surface area contributed by atoms with Crippen LogP contribution in [0.5, 0.6) is 11.5 Å². The van der Waals surface area contributed by atoms with Gasteiger partial charge in [-0.05, 0) is 54.3 Å². The summed E-state index contributed by atoms with van der Waals surface area (Å²) in [6.07, 6.45) is 12.7. The van der Waals surface area contributed by atoms with Crippen molar-refractivity contribution in [1.82, 2.24) is 15.1 Å². The molecule has 0 spiro atoms. The van der Waals surface area contributed by atoms with E-state index in [0.717, 1.165) is 54.2 Å². The standard InChI is InChI=1S/C26H31N3O3/c1-5-19-13-22(28-12-11-27-18(2)16-28)17-29-23(19)8-6-7-20(15-26(29)30)21-9-10-24(31-3)25(14-21)32-4/h6-10,13-15,17-18,27H,5,11-12,16H2,1-4H3/b7-6+,20-15+,23-8+/t18-/m1/s1. The van der Waals surface area contributed by atoms with E-state index in [2.05, 4.69) is 30.1 Å². The topological polar surface area (TPSA) is 54.0 Å². The van der Waals surface area contributed by atoms with E-state index in [1.807, 2.05) is 42.6 Å². The van der Waals surface area contributed by atoms with E-state index in [-0.39, 0.29) is 5.91 Å². The number of carbonyl (C=O) groups is 1. The molecule has 1 aromatic carbocycles. The van der Waals surface area contributed by atoms with Crippen molar-refractivity contribution in [2.24, 2.45) is 0 Å². The summed E-state index contributed by atoms with van der Waals surface area (Å²) in [7, 11) is 3.22. The van der Waals surface area contributed by atoms with Crippen molar-refractivity contribution in [2.75, 3.05) is 33.9 Å². The third-order valence-corrected chi connectivity index (χ3v) is 6.05. The summed E-state index contributed by atoms with van der Waals surface area (Å²) in [5.74, 6) is 1.23. The van der Waals surface area contributed by atoms with E-state index in [1.54, 1.807) is 25.2 Å². The van der Waals surface area contributed by atoms with Crippen molar-refractivity contribution in [3.8, 4) is 11.5 Å². The molecule has 1 N–H and O–H groups in total. The molecule has 1 atom stereocenters. The number of carbonyl (C=O) groups excluding carboxylic acids is 1. The van der Waals surface area contributed by atoms with E-state index in [4.69, 9.17) is 9.47 Å². The van der Waals surface area contributed by atoms with Crippen LogP contribution in [0, 0.1) is 0 Å². The Morgan fingerprint density at radius 1 is 1.16 bits per heavy atom. The zero-order valence-electron chi connectivity index (χ0n) is 19.2. The number of benzene rings is 1. The Bertz CT molecular complexity index is 1050. The van der Waals surface area contributed by atoms with Crippen LogP contribution in [0.1, 0.15) is 25.8 Å². The van der Waals surface area contributed by atoms with Gasteiger partial charge in [0.2, 0.25) is 0 Å². The summed E-state index contributed by atoms with van der Waals surface area (Å²) in [6, 6.07) is 6.11. The first kappa shape index (κ1) is 22.0. The van der Waals surface area contributed by atoms with Gasteiger partial charge in [-0.1, -0.05) is 25.1 Å². The first-order chi connectivity index (χ1) is 15.5. The van der Waals surface area contributed by atoms with Crippen LogP contribution in [-0.2, 0) is 4.79 Å². The monoisotopic (exact) mass is 433 g/mol. The van der Waals surface area contributed by atoms with E-state index < -0.39 is 0 Å². The third kappa shape index (κ3) is 4.36. The lowest BCUT2D eigenvalue weighted by Crippen LogP contribution is -2.49. The number of nitrogens with one attached hydrogen (secondary N) is 1. The van der Waals surface area contributed by atoms with Gasteiger partial charge in [-0.15, -0.1) is 0 Å². The minimum absolute atomic E-state index is 0.0647. The van der Waals surface area contributed by atoms with Crippen LogP contribution in [0.2, 0.25) is 0 Å². The zero-order valence-corrected chi connectivity index (χ0v) is 19.2. The van der Waals surface area contributed by atoms with Crippen molar-refractivity contribution in [3.05, 3.63) is 77.3 Å². The van der Waals surface area contributed by atoms with E-state index in [9.17, 15) is 4.79 Å². The predicted molar refractivity (Wildman–Crippen MR) is 127 cm³/mol. The van der Waals surface area contributed by atoms with Gasteiger partial charge in [0.15, 0.2) is 11.5 Å². The van der Waals surface area contributed by atoms with Crippen molar-refractivity contribution in [1.29, 1.82) is 0 Å². The molecule has 1 fully saturated rings. The minimum atomic E-state index is -0.0647. The molecule has 0 saturated carbocycles. The molecule has 0 radical (unpaired) electrons. The van der Waals surface area contributed by atoms with E-state index >= 15 is 0 Å². The number of hydrogen-bond acceptors (Lipinski definition) is 5. The maximum atomic E-state index is 13.4. The molecular weight excluding hydrogens is 402 g/mol. The molecule has 0 bridgehead atoms. The molecule has 4 rings (SSSR count). The van der Waals surface area contributed by atoms with Crippen LogP contribution in [-0.4, -0.2) is 55.6 Å². The highest BCUT2D eigenvalue weighted by atomic mass is 16.5. The summed E-state index contributed by atoms with van der Waals surface area (Å²) in [6.45, 7) is 7.11. The fourth-order valence-electron chi connectivity index (χ4n) is 4.33. The summed E-state index contributed by atoms with van der Waals surface area (Å²) in [5.41, 5.74) is 4.90. The number of ether oxygens (including phenoxy) is 2. The van der Waals surface area contributed by atoms with Crippen LogP contribution in [0.15, 0.2) is 71.7 Å². The number of allylic oxidation sites excluding steroid dienone is 6. The minimum Gasteiger partial charge on any atom is -0.493 e. The molecule has 0 aliphatic carbocycles. The molecule has 3 heterocycles. The van der Waals surface area contributed by atoms with Gasteiger partial charge in [0.1, 0.15) is 0 Å². The molecular formula is C26H31N3O3. The fourth-order valence-corrected chi connectivity index (χ4v) is 4.33. The second kappa shape index (κ2) is 9.49. The zero-order chi connectivity index (χ0) is 22.7. The highest BCUT2D eigenvalue weighted by Gasteiger charge is 2.26. The molecule has 1 saturated heterocycles. The molecule has 3 aliphatic rings. The smallest absolute Gasteiger partial charge is 0.255 e. The van der Waals surface area contributed by atoms with Gasteiger partial charge in [-0.25, -0.2) is 0 Å². The number of fused-ring (bicyclic) bond motifs is 1. The average Bonchev–Trinajstić information content (AvgIpc) is 2.81. The van der Waals surface area contributed by atoms with Gasteiger partial charge >= 0.3 is 0 Å². The Kier molecular flexibility index (Phi) is 6.51.